The Morgan fingerprint density at radius 2 is 1.51 bits per heavy atom. The van der Waals surface area contributed by atoms with E-state index in [1.807, 2.05) is 25.1 Å². The molecule has 2 rings (SSSR count). The summed E-state index contributed by atoms with van der Waals surface area (Å²) in [7, 11) is 1.22. The average molecular weight is 514 g/mol. The van der Waals surface area contributed by atoms with E-state index in [-0.39, 0.29) is 24.7 Å². The largest absolute Gasteiger partial charge is 0.508 e. The first kappa shape index (κ1) is 29.2. The second kappa shape index (κ2) is 14.5. The minimum atomic E-state index is -1.08. The second-order valence-corrected chi connectivity index (χ2v) is 8.75. The molecule has 0 unspecified atom stereocenters. The molecule has 0 heterocycles. The predicted octanol–water partition coefficient (Wildman–Crippen LogP) is 2.44. The zero-order chi connectivity index (χ0) is 27.4. The SMILES string of the molecule is CC[C@H](C)[C@H](NC(=O)[C@H](Cc1ccc(O)cc1)NC(=O)OCc1ccccc1)C(=O)N[C@@H](C)C(=O)OC. The Morgan fingerprint density at radius 3 is 2.11 bits per heavy atom. The van der Waals surface area contributed by atoms with Crippen molar-refractivity contribution in [2.45, 2.75) is 58.3 Å². The third kappa shape index (κ3) is 9.47. The minimum Gasteiger partial charge on any atom is -0.508 e. The van der Waals surface area contributed by atoms with E-state index in [4.69, 9.17) is 4.74 Å². The number of rotatable bonds is 12. The van der Waals surface area contributed by atoms with Crippen molar-refractivity contribution < 1.29 is 33.8 Å². The van der Waals surface area contributed by atoms with Crippen LogP contribution in [0, 0.1) is 5.92 Å². The lowest BCUT2D eigenvalue weighted by Crippen LogP contribution is -2.57. The number of ether oxygens (including phenoxy) is 2. The first-order valence-corrected chi connectivity index (χ1v) is 12.1. The Kier molecular flexibility index (Phi) is 11.4. The van der Waals surface area contributed by atoms with Crippen LogP contribution < -0.4 is 16.0 Å². The van der Waals surface area contributed by atoms with Gasteiger partial charge in [0, 0.05) is 6.42 Å². The number of hydrogen-bond donors (Lipinski definition) is 4. The molecular weight excluding hydrogens is 478 g/mol. The fourth-order valence-corrected chi connectivity index (χ4v) is 3.48. The minimum absolute atomic E-state index is 0.0174. The molecule has 0 spiro atoms. The summed E-state index contributed by atoms with van der Waals surface area (Å²) >= 11 is 0. The molecule has 2 aromatic carbocycles. The fourth-order valence-electron chi connectivity index (χ4n) is 3.48. The highest BCUT2D eigenvalue weighted by Crippen LogP contribution is 2.13. The number of esters is 1. The summed E-state index contributed by atoms with van der Waals surface area (Å²) in [5.74, 6) is -1.97. The summed E-state index contributed by atoms with van der Waals surface area (Å²) < 4.78 is 9.93. The number of carbonyl (C=O) groups is 4. The number of carbonyl (C=O) groups excluding carboxylic acids is 4. The normalized spacial score (nSPS) is 13.8. The molecule has 0 aliphatic rings. The Hall–Kier alpha value is -4.08. The monoisotopic (exact) mass is 513 g/mol. The van der Waals surface area contributed by atoms with Gasteiger partial charge in [-0.1, -0.05) is 62.7 Å². The van der Waals surface area contributed by atoms with Gasteiger partial charge in [0.25, 0.3) is 0 Å². The molecule has 0 saturated carbocycles. The van der Waals surface area contributed by atoms with Gasteiger partial charge in [0.15, 0.2) is 0 Å². The van der Waals surface area contributed by atoms with Crippen molar-refractivity contribution in [1.29, 1.82) is 0 Å². The van der Waals surface area contributed by atoms with Crippen molar-refractivity contribution in [3.8, 4) is 5.75 Å². The number of alkyl carbamates (subject to hydrolysis) is 1. The molecule has 0 saturated heterocycles. The molecule has 10 nitrogen and oxygen atoms in total. The van der Waals surface area contributed by atoms with Crippen molar-refractivity contribution in [2.24, 2.45) is 5.92 Å². The van der Waals surface area contributed by atoms with Gasteiger partial charge < -0.3 is 30.5 Å². The number of aromatic hydroxyl groups is 1. The number of amides is 3. The first-order valence-electron chi connectivity index (χ1n) is 12.1. The van der Waals surface area contributed by atoms with Gasteiger partial charge in [-0.2, -0.15) is 0 Å². The van der Waals surface area contributed by atoms with Gasteiger partial charge in [-0.3, -0.25) is 9.59 Å². The number of phenols is 1. The highest BCUT2D eigenvalue weighted by atomic mass is 16.5. The van der Waals surface area contributed by atoms with Crippen LogP contribution in [0.2, 0.25) is 0 Å². The standard InChI is InChI=1S/C27H35N3O7/c1-5-17(2)23(25(33)28-18(3)26(34)36-4)30-24(32)22(15-19-11-13-21(31)14-12-19)29-27(35)37-16-20-9-7-6-8-10-20/h6-14,17-18,22-23,31H,5,15-16H2,1-4H3,(H,28,33)(H,29,35)(H,30,32)/t17-,18-,22-,23-/m0/s1. The van der Waals surface area contributed by atoms with Gasteiger partial charge >= 0.3 is 12.1 Å². The summed E-state index contributed by atoms with van der Waals surface area (Å²) in [6.45, 7) is 5.17. The van der Waals surface area contributed by atoms with E-state index in [0.29, 0.717) is 12.0 Å². The molecule has 0 aliphatic carbocycles. The number of benzene rings is 2. The summed E-state index contributed by atoms with van der Waals surface area (Å²) in [6.07, 6.45) is -0.147. The van der Waals surface area contributed by atoms with Gasteiger partial charge in [-0.25, -0.2) is 9.59 Å². The zero-order valence-corrected chi connectivity index (χ0v) is 21.5. The van der Waals surface area contributed by atoms with Gasteiger partial charge in [0.1, 0.15) is 30.5 Å². The third-order valence-electron chi connectivity index (χ3n) is 5.90. The predicted molar refractivity (Wildman–Crippen MR) is 136 cm³/mol. The maximum atomic E-state index is 13.3. The van der Waals surface area contributed by atoms with E-state index in [1.165, 1.54) is 26.2 Å². The van der Waals surface area contributed by atoms with Crippen molar-refractivity contribution in [1.82, 2.24) is 16.0 Å². The molecule has 3 amide bonds. The van der Waals surface area contributed by atoms with Crippen LogP contribution >= 0.6 is 0 Å². The van der Waals surface area contributed by atoms with Crippen molar-refractivity contribution in [3.63, 3.8) is 0 Å². The molecule has 0 aliphatic heterocycles. The summed E-state index contributed by atoms with van der Waals surface area (Å²) in [4.78, 5) is 50.6. The number of nitrogens with one attached hydrogen (secondary N) is 3. The van der Waals surface area contributed by atoms with Gasteiger partial charge in [0.2, 0.25) is 11.8 Å². The Morgan fingerprint density at radius 1 is 0.865 bits per heavy atom. The average Bonchev–Trinajstić information content (AvgIpc) is 2.90. The summed E-state index contributed by atoms with van der Waals surface area (Å²) in [5.41, 5.74) is 1.45. The quantitative estimate of drug-likeness (QED) is 0.319. The molecule has 37 heavy (non-hydrogen) atoms. The number of hydrogen-bond acceptors (Lipinski definition) is 7. The molecule has 4 N–H and O–H groups in total. The van der Waals surface area contributed by atoms with Crippen LogP contribution in [0.3, 0.4) is 0 Å². The van der Waals surface area contributed by atoms with Crippen LogP contribution in [-0.2, 0) is 36.9 Å². The van der Waals surface area contributed by atoms with E-state index < -0.39 is 42.0 Å². The van der Waals surface area contributed by atoms with E-state index in [1.54, 1.807) is 31.2 Å². The second-order valence-electron chi connectivity index (χ2n) is 8.75. The van der Waals surface area contributed by atoms with Gasteiger partial charge in [-0.05, 0) is 36.1 Å². The van der Waals surface area contributed by atoms with Crippen LogP contribution in [-0.4, -0.2) is 54.2 Å². The topological polar surface area (TPSA) is 143 Å². The number of phenolic OH excluding ortho intramolecular Hbond substituents is 1. The Labute approximate surface area is 216 Å². The van der Waals surface area contributed by atoms with Crippen molar-refractivity contribution >= 4 is 23.9 Å². The highest BCUT2D eigenvalue weighted by molar-refractivity contribution is 5.93. The maximum absolute atomic E-state index is 13.3. The zero-order valence-electron chi connectivity index (χ0n) is 21.5. The lowest BCUT2D eigenvalue weighted by atomic mass is 9.97. The highest BCUT2D eigenvalue weighted by Gasteiger charge is 2.31. The first-order chi connectivity index (χ1) is 17.6. The molecule has 200 valence electrons. The van der Waals surface area contributed by atoms with Crippen LogP contribution in [0.25, 0.3) is 0 Å². The molecular formula is C27H35N3O7. The van der Waals surface area contributed by atoms with Crippen molar-refractivity contribution in [2.75, 3.05) is 7.11 Å². The molecule has 0 radical (unpaired) electrons. The van der Waals surface area contributed by atoms with Crippen molar-refractivity contribution in [3.05, 3.63) is 65.7 Å². The van der Waals surface area contributed by atoms with E-state index in [9.17, 15) is 24.3 Å². The van der Waals surface area contributed by atoms with Gasteiger partial charge in [0.05, 0.1) is 7.11 Å². The molecule has 0 fully saturated rings. The van der Waals surface area contributed by atoms with E-state index >= 15 is 0 Å². The van der Waals surface area contributed by atoms with E-state index in [2.05, 4.69) is 20.7 Å². The van der Waals surface area contributed by atoms with Gasteiger partial charge in [-0.15, -0.1) is 0 Å². The maximum Gasteiger partial charge on any atom is 0.408 e. The number of methoxy groups -OCH3 is 1. The molecule has 4 atom stereocenters. The van der Waals surface area contributed by atoms with Crippen LogP contribution in [0.4, 0.5) is 4.79 Å². The van der Waals surface area contributed by atoms with E-state index in [0.717, 1.165) is 5.56 Å². The fraction of sp³-hybridized carbons (Fsp3) is 0.407. The lowest BCUT2D eigenvalue weighted by Gasteiger charge is -2.27. The smallest absolute Gasteiger partial charge is 0.408 e. The Balaban J connectivity index is 2.17. The van der Waals surface area contributed by atoms with Crippen LogP contribution in [0.1, 0.15) is 38.3 Å². The van der Waals surface area contributed by atoms with Crippen LogP contribution in [0.15, 0.2) is 54.6 Å². The Bertz CT molecular complexity index is 1040. The lowest BCUT2D eigenvalue weighted by molar-refractivity contribution is -0.145. The van der Waals surface area contributed by atoms with Crippen LogP contribution in [0.5, 0.6) is 5.75 Å². The third-order valence-corrected chi connectivity index (χ3v) is 5.90. The molecule has 2 aromatic rings. The molecule has 0 bridgehead atoms. The molecule has 10 heteroatoms. The summed E-state index contributed by atoms with van der Waals surface area (Å²) in [5, 5.41) is 17.4. The molecule has 0 aromatic heterocycles. The summed E-state index contributed by atoms with van der Waals surface area (Å²) in [6, 6.07) is 12.3.